The third-order valence-electron chi connectivity index (χ3n) is 1.86. The zero-order chi connectivity index (χ0) is 12.5. The number of nitrogens with zero attached hydrogens (tertiary/aromatic N) is 1. The molecule has 0 atom stereocenters. The normalized spacial score (nSPS) is 8.50. The van der Waals surface area contributed by atoms with Gasteiger partial charge in [0.15, 0.2) is 0 Å². The maximum atomic E-state index is 9.31. The summed E-state index contributed by atoms with van der Waals surface area (Å²) in [5, 5.41) is 7.66. The fraction of sp³-hybridized carbons (Fsp3) is 0.0714. The standard InChI is InChI=1S/C11H8N.C3H5O2.Ni/c1-2-6-10(7-3-1)11-8-4-5-9-12-11;1-2-3(4)5;/h1-6,8-9H;1-2H2,(H,4,5);/q2*-1;+2. The molecule has 0 unspecified atom stereocenters. The molecule has 2 aromatic rings. The Bertz CT molecular complexity index is 408. The van der Waals surface area contributed by atoms with Crippen LogP contribution in [0.2, 0.25) is 0 Å². The second-order valence-corrected chi connectivity index (χ2v) is 3.13. The molecule has 0 spiro atoms. The van der Waals surface area contributed by atoms with E-state index in [9.17, 15) is 4.79 Å². The minimum Gasteiger partial charge on any atom is -0.483 e. The van der Waals surface area contributed by atoms with E-state index in [-0.39, 0.29) is 22.9 Å². The fourth-order valence-electron chi connectivity index (χ4n) is 1.07. The Morgan fingerprint density at radius 2 is 1.94 bits per heavy atom. The molecule has 0 aliphatic rings. The molecule has 2 rings (SSSR count). The van der Waals surface area contributed by atoms with Gasteiger partial charge in [-0.1, -0.05) is 18.6 Å². The molecule has 4 heteroatoms. The van der Waals surface area contributed by atoms with Crippen LogP contribution in [0.3, 0.4) is 0 Å². The Morgan fingerprint density at radius 3 is 2.39 bits per heavy atom. The van der Waals surface area contributed by atoms with Crippen molar-refractivity contribution in [1.82, 2.24) is 4.98 Å². The predicted molar refractivity (Wildman–Crippen MR) is 66.1 cm³/mol. The number of benzene rings is 1. The summed E-state index contributed by atoms with van der Waals surface area (Å²) in [6.45, 7) is 3.09. The first-order chi connectivity index (χ1) is 8.24. The van der Waals surface area contributed by atoms with Gasteiger partial charge in [-0.15, -0.1) is 35.9 Å². The van der Waals surface area contributed by atoms with Gasteiger partial charge in [0.25, 0.3) is 5.97 Å². The van der Waals surface area contributed by atoms with Gasteiger partial charge in [0.1, 0.15) is 0 Å². The minimum absolute atomic E-state index is 0. The van der Waals surface area contributed by atoms with E-state index in [2.05, 4.69) is 18.0 Å². The molecule has 1 aromatic heterocycles. The van der Waals surface area contributed by atoms with Gasteiger partial charge in [0, 0.05) is 6.20 Å². The summed E-state index contributed by atoms with van der Waals surface area (Å²) in [7, 11) is 0. The molecule has 0 radical (unpaired) electrons. The van der Waals surface area contributed by atoms with Crippen molar-refractivity contribution in [2.75, 3.05) is 0 Å². The zero-order valence-electron chi connectivity index (χ0n) is 9.65. The van der Waals surface area contributed by atoms with Gasteiger partial charge in [-0.2, -0.15) is 0 Å². The summed E-state index contributed by atoms with van der Waals surface area (Å²) >= 11 is 0. The monoisotopic (exact) mass is 285 g/mol. The van der Waals surface area contributed by atoms with Crippen LogP contribution in [0.15, 0.2) is 48.7 Å². The Hall–Kier alpha value is -1.67. The molecule has 0 aliphatic carbocycles. The van der Waals surface area contributed by atoms with E-state index >= 15 is 0 Å². The van der Waals surface area contributed by atoms with Crippen molar-refractivity contribution in [2.24, 2.45) is 0 Å². The molecule has 18 heavy (non-hydrogen) atoms. The summed E-state index contributed by atoms with van der Waals surface area (Å²) in [6.07, 6.45) is 1.76. The number of carboxylic acid groups (broad SMARTS) is 1. The smallest absolute Gasteiger partial charge is 0.483 e. The van der Waals surface area contributed by atoms with Gasteiger partial charge in [-0.05, 0) is 11.8 Å². The number of hydrogen-bond acceptors (Lipinski definition) is 2. The molecule has 3 nitrogen and oxygen atoms in total. The minimum atomic E-state index is -0.856. The summed E-state index contributed by atoms with van der Waals surface area (Å²) in [4.78, 5) is 13.5. The van der Waals surface area contributed by atoms with Crippen molar-refractivity contribution < 1.29 is 26.4 Å². The van der Waals surface area contributed by atoms with Crippen molar-refractivity contribution in [1.29, 1.82) is 0 Å². The maximum absolute atomic E-state index is 9.31. The average Bonchev–Trinajstić information content (AvgIpc) is 2.41. The molecule has 0 fully saturated rings. The number of aliphatic carboxylic acids is 1. The maximum Gasteiger partial charge on any atom is 2.00 e. The topological polar surface area (TPSA) is 50.2 Å². The molecule has 1 aromatic carbocycles. The van der Waals surface area contributed by atoms with Crippen LogP contribution in [0.4, 0.5) is 0 Å². The van der Waals surface area contributed by atoms with Crippen LogP contribution < -0.4 is 0 Å². The number of carbonyl (C=O) groups is 1. The van der Waals surface area contributed by atoms with Crippen LogP contribution in [0.25, 0.3) is 11.3 Å². The molecule has 0 aliphatic heterocycles. The van der Waals surface area contributed by atoms with E-state index in [1.807, 2.05) is 42.5 Å². The van der Waals surface area contributed by atoms with E-state index in [1.165, 1.54) is 0 Å². The van der Waals surface area contributed by atoms with E-state index in [0.717, 1.165) is 11.3 Å². The van der Waals surface area contributed by atoms with Gasteiger partial charge < -0.3 is 17.0 Å². The van der Waals surface area contributed by atoms with Crippen LogP contribution in [0.1, 0.15) is 6.42 Å². The van der Waals surface area contributed by atoms with Crippen LogP contribution >= 0.6 is 0 Å². The summed E-state index contributed by atoms with van der Waals surface area (Å²) in [5.74, 6) is -0.856. The molecule has 0 saturated heterocycles. The van der Waals surface area contributed by atoms with Crippen molar-refractivity contribution in [3.8, 4) is 11.3 Å². The van der Waals surface area contributed by atoms with E-state index in [4.69, 9.17) is 5.11 Å². The number of rotatable bonds is 2. The Balaban J connectivity index is 0.000000421. The second-order valence-electron chi connectivity index (χ2n) is 3.13. The van der Waals surface area contributed by atoms with E-state index < -0.39 is 5.97 Å². The third kappa shape index (κ3) is 6.16. The van der Waals surface area contributed by atoms with Crippen LogP contribution in [0, 0.1) is 13.0 Å². The molecule has 1 heterocycles. The first-order valence-corrected chi connectivity index (χ1v) is 5.13. The Morgan fingerprint density at radius 1 is 1.28 bits per heavy atom. The molecule has 96 valence electrons. The third-order valence-corrected chi connectivity index (χ3v) is 1.86. The molecule has 0 amide bonds. The quantitative estimate of drug-likeness (QED) is 0.682. The van der Waals surface area contributed by atoms with Crippen LogP contribution in [-0.2, 0) is 21.3 Å². The molecule has 1 N–H and O–H groups in total. The second kappa shape index (κ2) is 9.37. The van der Waals surface area contributed by atoms with Gasteiger partial charge in [-0.25, -0.2) is 0 Å². The zero-order valence-corrected chi connectivity index (χ0v) is 10.6. The van der Waals surface area contributed by atoms with E-state index in [0.29, 0.717) is 0 Å². The summed E-state index contributed by atoms with van der Waals surface area (Å²) in [5.41, 5.74) is 2.01. The molecular formula is C14H13NNiO2. The summed E-state index contributed by atoms with van der Waals surface area (Å²) in [6, 6.07) is 16.8. The molecular weight excluding hydrogens is 273 g/mol. The Labute approximate surface area is 117 Å². The largest absolute Gasteiger partial charge is 2.00 e. The average molecular weight is 286 g/mol. The van der Waals surface area contributed by atoms with E-state index in [1.54, 1.807) is 6.20 Å². The fourth-order valence-corrected chi connectivity index (χ4v) is 1.07. The van der Waals surface area contributed by atoms with Crippen molar-refractivity contribution >= 4 is 5.97 Å². The number of hydrogen-bond donors (Lipinski definition) is 1. The first-order valence-electron chi connectivity index (χ1n) is 5.13. The number of aromatic nitrogens is 1. The predicted octanol–water partition coefficient (Wildman–Crippen LogP) is 2.84. The molecule has 0 saturated carbocycles. The van der Waals surface area contributed by atoms with Crippen LogP contribution in [0.5, 0.6) is 0 Å². The summed E-state index contributed by atoms with van der Waals surface area (Å²) < 4.78 is 0. The van der Waals surface area contributed by atoms with Gasteiger partial charge in [0.05, 0.1) is 0 Å². The Kier molecular flexibility index (Phi) is 8.50. The van der Waals surface area contributed by atoms with Gasteiger partial charge >= 0.3 is 16.5 Å². The van der Waals surface area contributed by atoms with Crippen LogP contribution in [-0.4, -0.2) is 16.1 Å². The first kappa shape index (κ1) is 16.3. The van der Waals surface area contributed by atoms with Crippen molar-refractivity contribution in [3.05, 3.63) is 61.7 Å². The SMILES string of the molecule is [CH2-]CC(=O)O.[Ni+2].[c-]1ccccc1-c1ccccn1. The van der Waals surface area contributed by atoms with Gasteiger partial charge in [-0.3, -0.25) is 4.79 Å². The van der Waals surface area contributed by atoms with Gasteiger partial charge in [0.2, 0.25) is 0 Å². The van der Waals surface area contributed by atoms with Crippen molar-refractivity contribution in [3.63, 3.8) is 0 Å². The van der Waals surface area contributed by atoms with Crippen molar-refractivity contribution in [2.45, 2.75) is 6.42 Å². The molecule has 0 bridgehead atoms. The number of carboxylic acids is 1. The number of pyridine rings is 1.